The molecule has 1 N–H and O–H groups in total. The van der Waals surface area contributed by atoms with E-state index < -0.39 is 5.54 Å². The lowest BCUT2D eigenvalue weighted by molar-refractivity contribution is -0.163. The van der Waals surface area contributed by atoms with Crippen LogP contribution in [0.15, 0.2) is 0 Å². The summed E-state index contributed by atoms with van der Waals surface area (Å²) in [7, 11) is 0. The number of nitrogens with one attached hydrogen (secondary N) is 1. The largest absolute Gasteiger partial charge is 0.465 e. The maximum atomic E-state index is 11.9. The highest BCUT2D eigenvalue weighted by molar-refractivity contribution is 5.82. The maximum Gasteiger partial charge on any atom is 0.326 e. The molecule has 94 valence electrons. The number of hydrogen-bond donors (Lipinski definition) is 1. The summed E-state index contributed by atoms with van der Waals surface area (Å²) in [6, 6.07) is 0. The van der Waals surface area contributed by atoms with Gasteiger partial charge in [0.2, 0.25) is 0 Å². The number of carbonyl (C=O) groups excluding carboxylic acids is 1. The Morgan fingerprint density at radius 3 is 2.50 bits per heavy atom. The first kappa shape index (κ1) is 13.5. The van der Waals surface area contributed by atoms with E-state index in [2.05, 4.69) is 12.2 Å². The van der Waals surface area contributed by atoms with Crippen LogP contribution in [0.25, 0.3) is 0 Å². The zero-order valence-corrected chi connectivity index (χ0v) is 10.5. The van der Waals surface area contributed by atoms with Gasteiger partial charge in [-0.3, -0.25) is 4.79 Å². The molecule has 0 spiro atoms. The van der Waals surface area contributed by atoms with E-state index in [9.17, 15) is 4.79 Å². The van der Waals surface area contributed by atoms with Crippen LogP contribution >= 0.6 is 0 Å². The van der Waals surface area contributed by atoms with E-state index in [1.54, 1.807) is 0 Å². The van der Waals surface area contributed by atoms with Gasteiger partial charge in [-0.15, -0.1) is 0 Å². The molecule has 0 bridgehead atoms. The Balaban J connectivity index is 2.49. The van der Waals surface area contributed by atoms with Gasteiger partial charge in [0.05, 0.1) is 12.7 Å². The average Bonchev–Trinajstić information content (AvgIpc) is 2.21. The van der Waals surface area contributed by atoms with Crippen LogP contribution in [0, 0.1) is 0 Å². The van der Waals surface area contributed by atoms with Crippen molar-refractivity contribution in [1.82, 2.24) is 5.32 Å². The first-order valence-electron chi connectivity index (χ1n) is 6.22. The second-order valence-electron chi connectivity index (χ2n) is 4.21. The Hall–Kier alpha value is -0.610. The first-order chi connectivity index (χ1) is 7.68. The molecule has 1 aliphatic carbocycles. The van der Waals surface area contributed by atoms with Crippen LogP contribution in [-0.4, -0.2) is 37.4 Å². The highest BCUT2D eigenvalue weighted by atomic mass is 16.5. The molecule has 0 atom stereocenters. The molecule has 1 saturated carbocycles. The zero-order valence-electron chi connectivity index (χ0n) is 10.5. The van der Waals surface area contributed by atoms with Crippen molar-refractivity contribution in [2.45, 2.75) is 51.7 Å². The molecule has 0 aromatic carbocycles. The van der Waals surface area contributed by atoms with Gasteiger partial charge in [0.15, 0.2) is 0 Å². The van der Waals surface area contributed by atoms with Gasteiger partial charge in [0, 0.05) is 19.4 Å². The van der Waals surface area contributed by atoms with Gasteiger partial charge in [0.1, 0.15) is 5.54 Å². The fourth-order valence-electron chi connectivity index (χ4n) is 2.09. The Morgan fingerprint density at radius 2 is 2.00 bits per heavy atom. The molecular weight excluding hydrogens is 206 g/mol. The van der Waals surface area contributed by atoms with Gasteiger partial charge in [-0.1, -0.05) is 6.92 Å². The first-order valence-corrected chi connectivity index (χ1v) is 6.22. The Kier molecular flexibility index (Phi) is 5.22. The standard InChI is InChI=1S/C12H23NO3/c1-4-7-13-12(11(14)16-6-3)8-10(9-12)15-5-2/h10,13H,4-9H2,1-3H3. The predicted molar refractivity (Wildman–Crippen MR) is 62.3 cm³/mol. The smallest absolute Gasteiger partial charge is 0.326 e. The third kappa shape index (κ3) is 2.95. The van der Waals surface area contributed by atoms with Crippen molar-refractivity contribution >= 4 is 5.97 Å². The molecule has 0 heterocycles. The molecule has 1 fully saturated rings. The van der Waals surface area contributed by atoms with E-state index in [1.807, 2.05) is 13.8 Å². The predicted octanol–water partition coefficient (Wildman–Crippen LogP) is 1.49. The Labute approximate surface area is 97.7 Å². The van der Waals surface area contributed by atoms with E-state index in [1.165, 1.54) is 0 Å². The lowest BCUT2D eigenvalue weighted by Crippen LogP contribution is -2.64. The molecule has 0 saturated heterocycles. The molecule has 0 unspecified atom stereocenters. The quantitative estimate of drug-likeness (QED) is 0.672. The number of rotatable bonds is 7. The Morgan fingerprint density at radius 1 is 1.31 bits per heavy atom. The molecule has 0 aromatic heterocycles. The molecule has 0 aliphatic heterocycles. The zero-order chi connectivity index (χ0) is 12.0. The minimum Gasteiger partial charge on any atom is -0.465 e. The lowest BCUT2D eigenvalue weighted by atomic mass is 9.74. The molecule has 1 rings (SSSR count). The number of hydrogen-bond acceptors (Lipinski definition) is 4. The lowest BCUT2D eigenvalue weighted by Gasteiger charge is -2.45. The minimum absolute atomic E-state index is 0.126. The van der Waals surface area contributed by atoms with Crippen molar-refractivity contribution in [1.29, 1.82) is 0 Å². The van der Waals surface area contributed by atoms with E-state index in [-0.39, 0.29) is 12.1 Å². The molecule has 1 aliphatic rings. The second-order valence-corrected chi connectivity index (χ2v) is 4.21. The summed E-state index contributed by atoms with van der Waals surface area (Å²) in [6.45, 7) is 7.89. The van der Waals surface area contributed by atoms with Crippen molar-refractivity contribution in [3.8, 4) is 0 Å². The van der Waals surface area contributed by atoms with E-state index in [0.717, 1.165) is 25.8 Å². The van der Waals surface area contributed by atoms with Crippen molar-refractivity contribution < 1.29 is 14.3 Å². The third-order valence-corrected chi connectivity index (χ3v) is 2.93. The highest BCUT2D eigenvalue weighted by Crippen LogP contribution is 2.35. The monoisotopic (exact) mass is 229 g/mol. The number of carbonyl (C=O) groups is 1. The van der Waals surface area contributed by atoms with Crippen molar-refractivity contribution in [2.75, 3.05) is 19.8 Å². The minimum atomic E-state index is -0.480. The summed E-state index contributed by atoms with van der Waals surface area (Å²) >= 11 is 0. The third-order valence-electron chi connectivity index (χ3n) is 2.93. The Bertz CT molecular complexity index is 224. The molecular formula is C12H23NO3. The summed E-state index contributed by atoms with van der Waals surface area (Å²) < 4.78 is 10.6. The summed E-state index contributed by atoms with van der Waals surface area (Å²) in [6.07, 6.45) is 2.69. The molecule has 0 radical (unpaired) electrons. The summed E-state index contributed by atoms with van der Waals surface area (Å²) in [5.41, 5.74) is -0.480. The van der Waals surface area contributed by atoms with Gasteiger partial charge < -0.3 is 14.8 Å². The average molecular weight is 229 g/mol. The van der Waals surface area contributed by atoms with Crippen LogP contribution in [0.5, 0.6) is 0 Å². The van der Waals surface area contributed by atoms with Gasteiger partial charge in [-0.25, -0.2) is 0 Å². The topological polar surface area (TPSA) is 47.6 Å². The summed E-state index contributed by atoms with van der Waals surface area (Å²) in [4.78, 5) is 11.9. The second kappa shape index (κ2) is 6.21. The van der Waals surface area contributed by atoms with Crippen LogP contribution < -0.4 is 5.32 Å². The highest BCUT2D eigenvalue weighted by Gasteiger charge is 2.51. The van der Waals surface area contributed by atoms with Crippen LogP contribution in [-0.2, 0) is 14.3 Å². The van der Waals surface area contributed by atoms with Crippen LogP contribution in [0.4, 0.5) is 0 Å². The van der Waals surface area contributed by atoms with Gasteiger partial charge in [0.25, 0.3) is 0 Å². The van der Waals surface area contributed by atoms with E-state index >= 15 is 0 Å². The fraction of sp³-hybridized carbons (Fsp3) is 0.917. The van der Waals surface area contributed by atoms with E-state index in [0.29, 0.717) is 13.2 Å². The number of ether oxygens (including phenoxy) is 2. The SMILES string of the molecule is CCCNC1(C(=O)OCC)CC(OCC)C1. The van der Waals surface area contributed by atoms with Gasteiger partial charge in [-0.05, 0) is 26.8 Å². The molecule has 0 amide bonds. The van der Waals surface area contributed by atoms with E-state index in [4.69, 9.17) is 9.47 Å². The van der Waals surface area contributed by atoms with Crippen molar-refractivity contribution in [2.24, 2.45) is 0 Å². The molecule has 4 heteroatoms. The normalized spacial score (nSPS) is 28.6. The van der Waals surface area contributed by atoms with Gasteiger partial charge in [-0.2, -0.15) is 0 Å². The van der Waals surface area contributed by atoms with Crippen LogP contribution in [0.1, 0.15) is 40.0 Å². The van der Waals surface area contributed by atoms with Gasteiger partial charge >= 0.3 is 5.97 Å². The van der Waals surface area contributed by atoms with Crippen LogP contribution in [0.2, 0.25) is 0 Å². The molecule has 16 heavy (non-hydrogen) atoms. The number of esters is 1. The molecule has 0 aromatic rings. The molecule has 4 nitrogen and oxygen atoms in total. The van der Waals surface area contributed by atoms with Crippen LogP contribution in [0.3, 0.4) is 0 Å². The fourth-order valence-corrected chi connectivity index (χ4v) is 2.09. The summed E-state index contributed by atoms with van der Waals surface area (Å²) in [5.74, 6) is -0.126. The van der Waals surface area contributed by atoms with Crippen molar-refractivity contribution in [3.05, 3.63) is 0 Å². The summed E-state index contributed by atoms with van der Waals surface area (Å²) in [5, 5.41) is 3.30. The van der Waals surface area contributed by atoms with Crippen molar-refractivity contribution in [3.63, 3.8) is 0 Å². The maximum absolute atomic E-state index is 11.9.